The maximum Gasteiger partial charge on any atom is 0.359 e. The zero-order chi connectivity index (χ0) is 21.1. The molecule has 4 rings (SSSR count). The number of carbonyl (C=O) groups is 2. The summed E-state index contributed by atoms with van der Waals surface area (Å²) in [6.07, 6.45) is 0. The Balaban J connectivity index is 1.41. The molecule has 2 heterocycles. The maximum absolute atomic E-state index is 12.5. The predicted octanol–water partition coefficient (Wildman–Crippen LogP) is 3.00. The van der Waals surface area contributed by atoms with Gasteiger partial charge in [-0.2, -0.15) is 5.10 Å². The molecule has 3 aromatic rings. The van der Waals surface area contributed by atoms with Crippen molar-refractivity contribution < 1.29 is 23.8 Å². The van der Waals surface area contributed by atoms with Gasteiger partial charge in [-0.05, 0) is 29.7 Å². The van der Waals surface area contributed by atoms with E-state index < -0.39 is 18.5 Å². The molecule has 0 spiro atoms. The average molecular weight is 409 g/mol. The van der Waals surface area contributed by atoms with Crippen LogP contribution in [0.2, 0.25) is 0 Å². The van der Waals surface area contributed by atoms with Gasteiger partial charge in [0.05, 0.1) is 11.6 Å². The lowest BCUT2D eigenvalue weighted by atomic mass is 9.95. The number of para-hydroxylation sites is 1. The molecule has 156 valence electrons. The molecule has 30 heavy (non-hydrogen) atoms. The number of hydrogen-bond donors (Lipinski definition) is 2. The standard InChI is InChI=1S/C22H23N3O5/c1-13(2)20(14-7-8-17-18(11-14)29-10-9-28-17)23-19(26)12-30-22(27)21-15-5-3-4-6-16(15)24-25-21/h3-8,11,13,20H,9-10,12H2,1-2H3,(H,23,26)(H,24,25)/t20-/m0/s1. The number of H-pyrrole nitrogens is 1. The van der Waals surface area contributed by atoms with Crippen LogP contribution in [-0.2, 0) is 9.53 Å². The Morgan fingerprint density at radius 2 is 1.90 bits per heavy atom. The molecule has 0 fully saturated rings. The Kier molecular flexibility index (Phi) is 5.56. The summed E-state index contributed by atoms with van der Waals surface area (Å²) in [5.41, 5.74) is 1.78. The van der Waals surface area contributed by atoms with Gasteiger partial charge in [0.2, 0.25) is 0 Å². The van der Waals surface area contributed by atoms with Crippen LogP contribution in [-0.4, -0.2) is 41.9 Å². The molecular weight excluding hydrogens is 386 g/mol. The minimum atomic E-state index is -0.650. The van der Waals surface area contributed by atoms with Crippen LogP contribution < -0.4 is 14.8 Å². The lowest BCUT2D eigenvalue weighted by Crippen LogP contribution is -2.35. The SMILES string of the molecule is CC(C)[C@H](NC(=O)COC(=O)c1n[nH]c2ccccc12)c1ccc2c(c1)OCCO2. The van der Waals surface area contributed by atoms with Crippen molar-refractivity contribution in [3.8, 4) is 11.5 Å². The van der Waals surface area contributed by atoms with Crippen molar-refractivity contribution in [1.29, 1.82) is 0 Å². The molecule has 1 aliphatic heterocycles. The molecule has 0 radical (unpaired) electrons. The third-order valence-corrected chi connectivity index (χ3v) is 4.91. The van der Waals surface area contributed by atoms with Gasteiger partial charge in [0.1, 0.15) is 13.2 Å². The number of carbonyl (C=O) groups excluding carboxylic acids is 2. The van der Waals surface area contributed by atoms with Gasteiger partial charge < -0.3 is 19.5 Å². The minimum Gasteiger partial charge on any atom is -0.486 e. The first-order valence-electron chi connectivity index (χ1n) is 9.82. The summed E-state index contributed by atoms with van der Waals surface area (Å²) in [6.45, 7) is 4.63. The van der Waals surface area contributed by atoms with E-state index in [0.717, 1.165) is 11.1 Å². The quantitative estimate of drug-likeness (QED) is 0.607. The van der Waals surface area contributed by atoms with Crippen LogP contribution in [0.4, 0.5) is 0 Å². The van der Waals surface area contributed by atoms with E-state index in [1.54, 1.807) is 6.07 Å². The van der Waals surface area contributed by atoms with Gasteiger partial charge in [0.15, 0.2) is 23.8 Å². The number of ether oxygens (including phenoxy) is 3. The highest BCUT2D eigenvalue weighted by Gasteiger charge is 2.23. The molecule has 0 unspecified atom stereocenters. The van der Waals surface area contributed by atoms with Gasteiger partial charge in [0, 0.05) is 5.39 Å². The van der Waals surface area contributed by atoms with Gasteiger partial charge >= 0.3 is 5.97 Å². The molecule has 0 saturated heterocycles. The van der Waals surface area contributed by atoms with Crippen LogP contribution in [0, 0.1) is 5.92 Å². The van der Waals surface area contributed by atoms with Crippen molar-refractivity contribution in [3.05, 3.63) is 53.7 Å². The van der Waals surface area contributed by atoms with Crippen LogP contribution in [0.25, 0.3) is 10.9 Å². The molecule has 2 N–H and O–H groups in total. The smallest absolute Gasteiger partial charge is 0.359 e. The molecule has 8 nitrogen and oxygen atoms in total. The van der Waals surface area contributed by atoms with Gasteiger partial charge in [-0.15, -0.1) is 0 Å². The van der Waals surface area contributed by atoms with Crippen molar-refractivity contribution in [2.24, 2.45) is 5.92 Å². The third kappa shape index (κ3) is 4.07. The van der Waals surface area contributed by atoms with Crippen molar-refractivity contribution in [3.63, 3.8) is 0 Å². The first-order chi connectivity index (χ1) is 14.5. The Morgan fingerprint density at radius 3 is 2.70 bits per heavy atom. The Hall–Kier alpha value is -3.55. The summed E-state index contributed by atoms with van der Waals surface area (Å²) >= 11 is 0. The molecule has 1 amide bonds. The second-order valence-corrected chi connectivity index (χ2v) is 7.39. The van der Waals surface area contributed by atoms with Gasteiger partial charge in [-0.1, -0.05) is 38.1 Å². The summed E-state index contributed by atoms with van der Waals surface area (Å²) in [5, 5.41) is 10.4. The van der Waals surface area contributed by atoms with Gasteiger partial charge in [-0.3, -0.25) is 9.89 Å². The van der Waals surface area contributed by atoms with Crippen LogP contribution in [0.15, 0.2) is 42.5 Å². The van der Waals surface area contributed by atoms with Crippen molar-refractivity contribution in [2.75, 3.05) is 19.8 Å². The third-order valence-electron chi connectivity index (χ3n) is 4.91. The molecule has 1 aliphatic rings. The number of hydrogen-bond acceptors (Lipinski definition) is 6. The second-order valence-electron chi connectivity index (χ2n) is 7.39. The first kappa shape index (κ1) is 19.8. The van der Waals surface area contributed by atoms with Crippen molar-refractivity contribution in [2.45, 2.75) is 19.9 Å². The van der Waals surface area contributed by atoms with Gasteiger partial charge in [-0.25, -0.2) is 4.79 Å². The molecule has 0 saturated carbocycles. The highest BCUT2D eigenvalue weighted by atomic mass is 16.6. The number of benzene rings is 2. The number of aromatic nitrogens is 2. The van der Waals surface area contributed by atoms with E-state index in [1.165, 1.54) is 0 Å². The molecule has 0 bridgehead atoms. The fourth-order valence-corrected chi connectivity index (χ4v) is 3.42. The number of rotatable bonds is 6. The zero-order valence-corrected chi connectivity index (χ0v) is 16.8. The highest BCUT2D eigenvalue weighted by molar-refractivity contribution is 6.02. The summed E-state index contributed by atoms with van der Waals surface area (Å²) < 4.78 is 16.4. The van der Waals surface area contributed by atoms with Gasteiger partial charge in [0.25, 0.3) is 5.91 Å². The number of nitrogens with one attached hydrogen (secondary N) is 2. The van der Waals surface area contributed by atoms with E-state index in [4.69, 9.17) is 14.2 Å². The predicted molar refractivity (Wildman–Crippen MR) is 110 cm³/mol. The van der Waals surface area contributed by atoms with E-state index in [2.05, 4.69) is 15.5 Å². The fraction of sp³-hybridized carbons (Fsp3) is 0.318. The highest BCUT2D eigenvalue weighted by Crippen LogP contribution is 2.34. The summed E-state index contributed by atoms with van der Waals surface area (Å²) in [6, 6.07) is 12.6. The van der Waals surface area contributed by atoms with E-state index in [-0.39, 0.29) is 17.7 Å². The lowest BCUT2D eigenvalue weighted by Gasteiger charge is -2.25. The van der Waals surface area contributed by atoms with E-state index in [0.29, 0.717) is 30.1 Å². The topological polar surface area (TPSA) is 103 Å². The number of nitrogens with zero attached hydrogens (tertiary/aromatic N) is 1. The monoisotopic (exact) mass is 409 g/mol. The molecule has 0 aliphatic carbocycles. The summed E-state index contributed by atoms with van der Waals surface area (Å²) in [7, 11) is 0. The van der Waals surface area contributed by atoms with E-state index >= 15 is 0 Å². The average Bonchev–Trinajstić information content (AvgIpc) is 3.19. The van der Waals surface area contributed by atoms with Crippen molar-refractivity contribution in [1.82, 2.24) is 15.5 Å². The Bertz CT molecular complexity index is 1080. The molecule has 1 aromatic heterocycles. The molecule has 1 atom stereocenters. The minimum absolute atomic E-state index is 0.113. The number of aromatic amines is 1. The van der Waals surface area contributed by atoms with Crippen molar-refractivity contribution >= 4 is 22.8 Å². The largest absolute Gasteiger partial charge is 0.486 e. The number of fused-ring (bicyclic) bond motifs is 2. The maximum atomic E-state index is 12.5. The normalized spacial score (nSPS) is 13.8. The fourth-order valence-electron chi connectivity index (χ4n) is 3.42. The van der Waals surface area contributed by atoms with Crippen LogP contribution in [0.3, 0.4) is 0 Å². The first-order valence-corrected chi connectivity index (χ1v) is 9.82. The Labute approximate surface area is 173 Å². The van der Waals surface area contributed by atoms with Crippen LogP contribution in [0.5, 0.6) is 11.5 Å². The van der Waals surface area contributed by atoms with E-state index in [9.17, 15) is 9.59 Å². The Morgan fingerprint density at radius 1 is 1.13 bits per heavy atom. The van der Waals surface area contributed by atoms with Crippen LogP contribution >= 0.6 is 0 Å². The summed E-state index contributed by atoms with van der Waals surface area (Å²) in [4.78, 5) is 24.8. The second kappa shape index (κ2) is 8.44. The zero-order valence-electron chi connectivity index (χ0n) is 16.8. The molecule has 8 heteroatoms. The molecule has 2 aromatic carbocycles. The van der Waals surface area contributed by atoms with Crippen LogP contribution in [0.1, 0.15) is 35.9 Å². The lowest BCUT2D eigenvalue weighted by molar-refractivity contribution is -0.125. The molecular formula is C22H23N3O5. The van der Waals surface area contributed by atoms with E-state index in [1.807, 2.05) is 50.2 Å². The summed E-state index contributed by atoms with van der Waals surface area (Å²) in [5.74, 6) is 0.428. The number of esters is 1. The number of amides is 1.